The van der Waals surface area contributed by atoms with E-state index in [1.54, 1.807) is 12.1 Å². The van der Waals surface area contributed by atoms with Crippen molar-refractivity contribution in [3.8, 4) is 5.75 Å². The van der Waals surface area contributed by atoms with Gasteiger partial charge in [0.15, 0.2) is 0 Å². The number of pyridine rings is 1. The second-order valence-electron chi connectivity index (χ2n) is 6.26. The molecule has 1 atom stereocenters. The van der Waals surface area contributed by atoms with Gasteiger partial charge >= 0.3 is 0 Å². The lowest BCUT2D eigenvalue weighted by molar-refractivity contribution is 0.0529. The molecule has 1 N–H and O–H groups in total. The average molecular weight is 355 g/mol. The van der Waals surface area contributed by atoms with Gasteiger partial charge in [0.05, 0.1) is 24.9 Å². The standard InChI is InChI=1S/C20H25N3O3/c1-3-25-18-7-5-4-6-17(18)20(24)22-13-16-8-9-19(21-12-16)23-10-11-26-15(2)14-23/h4-9,12,15H,3,10-11,13-14H2,1-2H3,(H,22,24)/t15-/m0/s1. The average Bonchev–Trinajstić information content (AvgIpc) is 2.67. The van der Waals surface area contributed by atoms with Gasteiger partial charge in [-0.1, -0.05) is 18.2 Å². The first kappa shape index (κ1) is 18.2. The van der Waals surface area contributed by atoms with Gasteiger partial charge in [-0.3, -0.25) is 4.79 Å². The summed E-state index contributed by atoms with van der Waals surface area (Å²) in [6.45, 7) is 7.33. The maximum Gasteiger partial charge on any atom is 0.255 e. The van der Waals surface area contributed by atoms with Crippen LogP contribution in [0.5, 0.6) is 5.75 Å². The maximum atomic E-state index is 12.4. The number of carbonyl (C=O) groups excluding carboxylic acids is 1. The molecule has 6 heteroatoms. The van der Waals surface area contributed by atoms with Crippen molar-refractivity contribution in [2.75, 3.05) is 31.2 Å². The van der Waals surface area contributed by atoms with Crippen molar-refractivity contribution in [3.63, 3.8) is 0 Å². The Morgan fingerprint density at radius 3 is 2.92 bits per heavy atom. The SMILES string of the molecule is CCOc1ccccc1C(=O)NCc1ccc(N2CCO[C@@H](C)C2)nc1. The minimum atomic E-state index is -0.153. The molecule has 0 radical (unpaired) electrons. The number of carbonyl (C=O) groups is 1. The number of morpholine rings is 1. The molecule has 0 saturated carbocycles. The summed E-state index contributed by atoms with van der Waals surface area (Å²) in [7, 11) is 0. The van der Waals surface area contributed by atoms with Crippen molar-refractivity contribution in [2.45, 2.75) is 26.5 Å². The van der Waals surface area contributed by atoms with E-state index in [0.29, 0.717) is 24.5 Å². The number of nitrogens with zero attached hydrogens (tertiary/aromatic N) is 2. The molecule has 1 aliphatic rings. The van der Waals surface area contributed by atoms with Crippen molar-refractivity contribution in [2.24, 2.45) is 0 Å². The first-order valence-corrected chi connectivity index (χ1v) is 8.99. The van der Waals surface area contributed by atoms with Crippen molar-refractivity contribution in [3.05, 3.63) is 53.7 Å². The Morgan fingerprint density at radius 1 is 1.35 bits per heavy atom. The van der Waals surface area contributed by atoms with E-state index in [2.05, 4.69) is 22.1 Å². The molecule has 2 heterocycles. The van der Waals surface area contributed by atoms with Crippen LogP contribution in [0.25, 0.3) is 0 Å². The molecule has 1 amide bonds. The molecule has 2 aromatic rings. The smallest absolute Gasteiger partial charge is 0.255 e. The van der Waals surface area contributed by atoms with Crippen LogP contribution in [0.4, 0.5) is 5.82 Å². The fourth-order valence-electron chi connectivity index (χ4n) is 2.95. The molecule has 1 aromatic heterocycles. The third-order valence-electron chi connectivity index (χ3n) is 4.26. The Morgan fingerprint density at radius 2 is 2.19 bits per heavy atom. The quantitative estimate of drug-likeness (QED) is 0.863. The third-order valence-corrected chi connectivity index (χ3v) is 4.26. The zero-order valence-electron chi connectivity index (χ0n) is 15.3. The predicted octanol–water partition coefficient (Wildman–Crippen LogP) is 2.64. The van der Waals surface area contributed by atoms with E-state index in [4.69, 9.17) is 9.47 Å². The minimum Gasteiger partial charge on any atom is -0.493 e. The molecule has 138 valence electrons. The van der Waals surface area contributed by atoms with E-state index in [1.165, 1.54) is 0 Å². The third kappa shape index (κ3) is 4.52. The van der Waals surface area contributed by atoms with Crippen LogP contribution < -0.4 is 15.0 Å². The molecule has 6 nitrogen and oxygen atoms in total. The highest BCUT2D eigenvalue weighted by Crippen LogP contribution is 2.18. The number of nitrogens with one attached hydrogen (secondary N) is 1. The second kappa shape index (κ2) is 8.67. The fourth-order valence-corrected chi connectivity index (χ4v) is 2.95. The highest BCUT2D eigenvalue weighted by molar-refractivity contribution is 5.96. The van der Waals surface area contributed by atoms with Gasteiger partial charge in [-0.05, 0) is 37.6 Å². The Kier molecular flexibility index (Phi) is 6.07. The Labute approximate surface area is 154 Å². The summed E-state index contributed by atoms with van der Waals surface area (Å²) < 4.78 is 11.1. The lowest BCUT2D eigenvalue weighted by Crippen LogP contribution is -2.41. The van der Waals surface area contributed by atoms with Crippen LogP contribution in [0.1, 0.15) is 29.8 Å². The van der Waals surface area contributed by atoms with E-state index in [1.807, 2.05) is 37.4 Å². The van der Waals surface area contributed by atoms with Crippen molar-refractivity contribution < 1.29 is 14.3 Å². The number of anilines is 1. The normalized spacial score (nSPS) is 17.0. The van der Waals surface area contributed by atoms with Crippen LogP contribution >= 0.6 is 0 Å². The minimum absolute atomic E-state index is 0.153. The topological polar surface area (TPSA) is 63.7 Å². The van der Waals surface area contributed by atoms with E-state index in [0.717, 1.165) is 31.1 Å². The van der Waals surface area contributed by atoms with Gasteiger partial charge in [0.1, 0.15) is 11.6 Å². The van der Waals surface area contributed by atoms with Gasteiger partial charge in [-0.2, -0.15) is 0 Å². The highest BCUT2D eigenvalue weighted by atomic mass is 16.5. The van der Waals surface area contributed by atoms with Crippen molar-refractivity contribution in [1.29, 1.82) is 0 Å². The van der Waals surface area contributed by atoms with Gasteiger partial charge in [0.25, 0.3) is 5.91 Å². The monoisotopic (exact) mass is 355 g/mol. The molecule has 1 aromatic carbocycles. The van der Waals surface area contributed by atoms with Crippen LogP contribution in [0.2, 0.25) is 0 Å². The number of rotatable bonds is 6. The Balaban J connectivity index is 1.59. The fraction of sp³-hybridized carbons (Fsp3) is 0.400. The number of aromatic nitrogens is 1. The van der Waals surface area contributed by atoms with E-state index in [-0.39, 0.29) is 12.0 Å². The lowest BCUT2D eigenvalue weighted by Gasteiger charge is -2.32. The van der Waals surface area contributed by atoms with Gasteiger partial charge in [-0.15, -0.1) is 0 Å². The van der Waals surface area contributed by atoms with Gasteiger partial charge < -0.3 is 19.7 Å². The number of hydrogen-bond donors (Lipinski definition) is 1. The first-order valence-electron chi connectivity index (χ1n) is 8.99. The molecule has 0 spiro atoms. The van der Waals surface area contributed by atoms with Gasteiger partial charge in [0, 0.05) is 25.8 Å². The summed E-state index contributed by atoms with van der Waals surface area (Å²) >= 11 is 0. The summed E-state index contributed by atoms with van der Waals surface area (Å²) in [5, 5.41) is 2.93. The number of benzene rings is 1. The predicted molar refractivity (Wildman–Crippen MR) is 101 cm³/mol. The lowest BCUT2D eigenvalue weighted by atomic mass is 10.2. The molecule has 1 fully saturated rings. The molecule has 1 saturated heterocycles. The highest BCUT2D eigenvalue weighted by Gasteiger charge is 2.18. The molecule has 0 unspecified atom stereocenters. The summed E-state index contributed by atoms with van der Waals surface area (Å²) in [6, 6.07) is 11.2. The van der Waals surface area contributed by atoms with Crippen LogP contribution in [0.15, 0.2) is 42.6 Å². The molecular formula is C20H25N3O3. The Hall–Kier alpha value is -2.60. The zero-order chi connectivity index (χ0) is 18.4. The second-order valence-corrected chi connectivity index (χ2v) is 6.26. The summed E-state index contributed by atoms with van der Waals surface area (Å²) in [4.78, 5) is 19.2. The summed E-state index contributed by atoms with van der Waals surface area (Å²) in [5.74, 6) is 1.39. The largest absolute Gasteiger partial charge is 0.493 e. The van der Waals surface area contributed by atoms with Crippen LogP contribution in [-0.2, 0) is 11.3 Å². The van der Waals surface area contributed by atoms with E-state index < -0.39 is 0 Å². The molecular weight excluding hydrogens is 330 g/mol. The van der Waals surface area contributed by atoms with Crippen LogP contribution in [-0.4, -0.2) is 43.3 Å². The number of hydrogen-bond acceptors (Lipinski definition) is 5. The van der Waals surface area contributed by atoms with Crippen molar-refractivity contribution >= 4 is 11.7 Å². The number of amides is 1. The summed E-state index contributed by atoms with van der Waals surface area (Å²) in [6.07, 6.45) is 2.03. The number of ether oxygens (including phenoxy) is 2. The van der Waals surface area contributed by atoms with E-state index in [9.17, 15) is 4.79 Å². The van der Waals surface area contributed by atoms with Crippen LogP contribution in [0, 0.1) is 0 Å². The van der Waals surface area contributed by atoms with Crippen LogP contribution in [0.3, 0.4) is 0 Å². The van der Waals surface area contributed by atoms with Crippen molar-refractivity contribution in [1.82, 2.24) is 10.3 Å². The summed E-state index contributed by atoms with van der Waals surface area (Å²) in [5.41, 5.74) is 1.50. The molecule has 0 aliphatic carbocycles. The molecule has 0 bridgehead atoms. The van der Waals surface area contributed by atoms with Gasteiger partial charge in [-0.25, -0.2) is 4.98 Å². The zero-order valence-corrected chi connectivity index (χ0v) is 15.3. The molecule has 3 rings (SSSR count). The van der Waals surface area contributed by atoms with Gasteiger partial charge in [0.2, 0.25) is 0 Å². The van der Waals surface area contributed by atoms with E-state index >= 15 is 0 Å². The number of para-hydroxylation sites is 1. The first-order chi connectivity index (χ1) is 12.7. The maximum absolute atomic E-state index is 12.4. The molecule has 26 heavy (non-hydrogen) atoms. The Bertz CT molecular complexity index is 733. The molecule has 1 aliphatic heterocycles.